The second-order valence-corrected chi connectivity index (χ2v) is 5.22. The number of H-pyrrole nitrogens is 1. The van der Waals surface area contributed by atoms with Gasteiger partial charge in [-0.05, 0) is 37.6 Å². The van der Waals surface area contributed by atoms with Crippen LogP contribution in [0.4, 0.5) is 4.39 Å². The third-order valence-electron chi connectivity index (χ3n) is 2.81. The van der Waals surface area contributed by atoms with E-state index in [9.17, 15) is 9.18 Å². The molecule has 0 spiro atoms. The van der Waals surface area contributed by atoms with Gasteiger partial charge in [0, 0.05) is 16.2 Å². The lowest BCUT2D eigenvalue weighted by atomic mass is 10.2. The minimum atomic E-state index is -0.251. The Hall–Kier alpha value is -1.62. The van der Waals surface area contributed by atoms with Crippen molar-refractivity contribution in [3.8, 4) is 0 Å². The van der Waals surface area contributed by atoms with Crippen LogP contribution in [0.2, 0.25) is 0 Å². The number of nitrogens with zero attached hydrogens (tertiary/aromatic N) is 1. The van der Waals surface area contributed by atoms with Crippen molar-refractivity contribution >= 4 is 11.8 Å². The molecule has 0 saturated carbocycles. The molecule has 0 aliphatic rings. The van der Waals surface area contributed by atoms with Crippen LogP contribution in [-0.4, -0.2) is 9.97 Å². The number of hydrogen-bond donors (Lipinski definition) is 1. The Morgan fingerprint density at radius 1 is 1.32 bits per heavy atom. The highest BCUT2D eigenvalue weighted by atomic mass is 32.2. The molecule has 0 aliphatic carbocycles. The van der Waals surface area contributed by atoms with Crippen molar-refractivity contribution in [3.05, 3.63) is 57.5 Å². The van der Waals surface area contributed by atoms with Crippen LogP contribution in [0.5, 0.6) is 0 Å². The Morgan fingerprint density at radius 2 is 2.00 bits per heavy atom. The topological polar surface area (TPSA) is 45.8 Å². The molecule has 2 aromatic rings. The fourth-order valence-corrected chi connectivity index (χ4v) is 2.60. The van der Waals surface area contributed by atoms with Crippen molar-refractivity contribution in [1.82, 2.24) is 9.97 Å². The lowest BCUT2D eigenvalue weighted by Crippen LogP contribution is -2.18. The summed E-state index contributed by atoms with van der Waals surface area (Å²) in [5.41, 5.74) is 1.45. The number of aryl methyl sites for hydroxylation is 1. The Labute approximate surface area is 115 Å². The summed E-state index contributed by atoms with van der Waals surface area (Å²) in [7, 11) is 0. The fraction of sp³-hybridized carbons (Fsp3) is 0.286. The first-order valence-electron chi connectivity index (χ1n) is 6.07. The minimum Gasteiger partial charge on any atom is -0.310 e. The summed E-state index contributed by atoms with van der Waals surface area (Å²) in [5, 5.41) is 0. The molecule has 0 unspecified atom stereocenters. The first-order valence-corrected chi connectivity index (χ1v) is 7.05. The fourth-order valence-electron chi connectivity index (χ4n) is 1.84. The molecule has 0 aliphatic heterocycles. The van der Waals surface area contributed by atoms with Gasteiger partial charge in [0.05, 0.1) is 5.75 Å². The van der Waals surface area contributed by atoms with Crippen molar-refractivity contribution in [1.29, 1.82) is 0 Å². The zero-order valence-corrected chi connectivity index (χ0v) is 11.7. The second kappa shape index (κ2) is 6.02. The van der Waals surface area contributed by atoms with Crippen LogP contribution >= 0.6 is 11.8 Å². The number of aromatic amines is 1. The number of halogens is 1. The number of thioether (sulfide) groups is 1. The summed E-state index contributed by atoms with van der Waals surface area (Å²) in [5.74, 6) is 0.958. The van der Waals surface area contributed by atoms with Gasteiger partial charge in [-0.1, -0.05) is 6.92 Å². The number of benzene rings is 1. The molecule has 0 bridgehead atoms. The van der Waals surface area contributed by atoms with Crippen molar-refractivity contribution < 1.29 is 4.39 Å². The highest BCUT2D eigenvalue weighted by Crippen LogP contribution is 2.21. The quantitative estimate of drug-likeness (QED) is 0.874. The third kappa shape index (κ3) is 3.44. The van der Waals surface area contributed by atoms with Crippen molar-refractivity contribution in [2.45, 2.75) is 30.9 Å². The van der Waals surface area contributed by atoms with E-state index in [0.717, 1.165) is 16.2 Å². The standard InChI is InChI=1S/C14H15FN2OS/c1-3-12-9(2)16-13(17-14(12)18)8-19-11-6-4-10(15)5-7-11/h4-7H,3,8H2,1-2H3,(H,16,17,18). The molecule has 1 aromatic carbocycles. The summed E-state index contributed by atoms with van der Waals surface area (Å²) in [6.45, 7) is 3.78. The van der Waals surface area contributed by atoms with Crippen LogP contribution < -0.4 is 5.56 Å². The average molecular weight is 278 g/mol. The molecule has 1 heterocycles. The van der Waals surface area contributed by atoms with Gasteiger partial charge in [-0.25, -0.2) is 9.37 Å². The minimum absolute atomic E-state index is 0.0651. The van der Waals surface area contributed by atoms with Crippen LogP contribution in [0.3, 0.4) is 0 Å². The first kappa shape index (κ1) is 13.8. The molecule has 1 N–H and O–H groups in total. The van der Waals surface area contributed by atoms with E-state index >= 15 is 0 Å². The van der Waals surface area contributed by atoms with Crippen LogP contribution in [0.25, 0.3) is 0 Å². The van der Waals surface area contributed by atoms with E-state index in [1.165, 1.54) is 23.9 Å². The van der Waals surface area contributed by atoms with Crippen LogP contribution in [-0.2, 0) is 12.2 Å². The van der Waals surface area contributed by atoms with Gasteiger partial charge in [0.15, 0.2) is 0 Å². The average Bonchev–Trinajstić information content (AvgIpc) is 2.38. The second-order valence-electron chi connectivity index (χ2n) is 4.17. The van der Waals surface area contributed by atoms with Gasteiger partial charge in [0.25, 0.3) is 5.56 Å². The Bertz CT molecular complexity index is 622. The molecule has 0 fully saturated rings. The lowest BCUT2D eigenvalue weighted by Gasteiger charge is -2.05. The molecule has 3 nitrogen and oxygen atoms in total. The van der Waals surface area contributed by atoms with Gasteiger partial charge in [0.2, 0.25) is 0 Å². The van der Waals surface area contributed by atoms with Crippen molar-refractivity contribution in [3.63, 3.8) is 0 Å². The molecule has 19 heavy (non-hydrogen) atoms. The molecule has 0 amide bonds. The van der Waals surface area contributed by atoms with Crippen LogP contribution in [0.1, 0.15) is 24.0 Å². The van der Waals surface area contributed by atoms with E-state index in [-0.39, 0.29) is 11.4 Å². The van der Waals surface area contributed by atoms with Gasteiger partial charge in [-0.15, -0.1) is 11.8 Å². The summed E-state index contributed by atoms with van der Waals surface area (Å²) >= 11 is 1.51. The molecule has 0 atom stereocenters. The Balaban J connectivity index is 2.12. The Morgan fingerprint density at radius 3 is 2.58 bits per heavy atom. The predicted molar refractivity (Wildman–Crippen MR) is 74.9 cm³/mol. The monoisotopic (exact) mass is 278 g/mol. The largest absolute Gasteiger partial charge is 0.310 e. The smallest absolute Gasteiger partial charge is 0.254 e. The number of aromatic nitrogens is 2. The molecule has 1 aromatic heterocycles. The number of rotatable bonds is 4. The third-order valence-corrected chi connectivity index (χ3v) is 3.84. The molecule has 100 valence electrons. The maximum atomic E-state index is 12.8. The molecule has 0 radical (unpaired) electrons. The van der Waals surface area contributed by atoms with Crippen LogP contribution in [0.15, 0.2) is 34.0 Å². The van der Waals surface area contributed by atoms with Crippen molar-refractivity contribution in [2.75, 3.05) is 0 Å². The first-order chi connectivity index (χ1) is 9.10. The highest BCUT2D eigenvalue weighted by Gasteiger charge is 2.06. The summed E-state index contributed by atoms with van der Waals surface area (Å²) in [6.07, 6.45) is 0.680. The van der Waals surface area contributed by atoms with Gasteiger partial charge >= 0.3 is 0 Å². The Kier molecular flexibility index (Phi) is 4.37. The maximum absolute atomic E-state index is 12.8. The van der Waals surface area contributed by atoms with Gasteiger partial charge in [0.1, 0.15) is 11.6 Å². The molecular formula is C14H15FN2OS. The molecule has 2 rings (SSSR count). The lowest BCUT2D eigenvalue weighted by molar-refractivity contribution is 0.626. The predicted octanol–water partition coefficient (Wildman–Crippen LogP) is 3.07. The van der Waals surface area contributed by atoms with Crippen LogP contribution in [0, 0.1) is 12.7 Å². The normalized spacial score (nSPS) is 10.7. The van der Waals surface area contributed by atoms with Gasteiger partial charge in [-0.2, -0.15) is 0 Å². The SMILES string of the molecule is CCc1c(C)nc(CSc2ccc(F)cc2)[nH]c1=O. The number of hydrogen-bond acceptors (Lipinski definition) is 3. The maximum Gasteiger partial charge on any atom is 0.254 e. The van der Waals surface area contributed by atoms with Gasteiger partial charge in [-0.3, -0.25) is 4.79 Å². The van der Waals surface area contributed by atoms with E-state index < -0.39 is 0 Å². The zero-order chi connectivity index (χ0) is 13.8. The highest BCUT2D eigenvalue weighted by molar-refractivity contribution is 7.98. The van der Waals surface area contributed by atoms with E-state index in [1.54, 1.807) is 12.1 Å². The summed E-state index contributed by atoms with van der Waals surface area (Å²) in [4.78, 5) is 19.9. The molecule has 5 heteroatoms. The van der Waals surface area contributed by atoms with Crippen molar-refractivity contribution in [2.24, 2.45) is 0 Å². The van der Waals surface area contributed by atoms with E-state index in [2.05, 4.69) is 9.97 Å². The summed E-state index contributed by atoms with van der Waals surface area (Å²) in [6, 6.07) is 6.27. The van der Waals surface area contributed by atoms with E-state index in [0.29, 0.717) is 18.0 Å². The zero-order valence-electron chi connectivity index (χ0n) is 10.9. The molecular weight excluding hydrogens is 263 g/mol. The van der Waals surface area contributed by atoms with Gasteiger partial charge < -0.3 is 4.98 Å². The molecule has 0 saturated heterocycles. The van der Waals surface area contributed by atoms with E-state index in [1.807, 2.05) is 13.8 Å². The number of nitrogens with one attached hydrogen (secondary N) is 1. The summed E-state index contributed by atoms with van der Waals surface area (Å²) < 4.78 is 12.8. The van der Waals surface area contributed by atoms with E-state index in [4.69, 9.17) is 0 Å².